The molecule has 0 aliphatic carbocycles. The van der Waals surface area contributed by atoms with E-state index in [0.29, 0.717) is 42.8 Å². The first-order chi connectivity index (χ1) is 17.1. The van der Waals surface area contributed by atoms with Crippen molar-refractivity contribution in [3.8, 4) is 0 Å². The van der Waals surface area contributed by atoms with Crippen molar-refractivity contribution >= 4 is 51.1 Å². The Morgan fingerprint density at radius 3 is 2.75 bits per heavy atom. The molecule has 1 atom stereocenters. The maximum absolute atomic E-state index is 13.7. The van der Waals surface area contributed by atoms with Crippen LogP contribution >= 0.6 is 22.6 Å². The summed E-state index contributed by atoms with van der Waals surface area (Å²) >= 11 is 2.15. The van der Waals surface area contributed by atoms with E-state index >= 15 is 0 Å². The number of H-pyrrole nitrogens is 1. The van der Waals surface area contributed by atoms with Crippen molar-refractivity contribution in [2.75, 3.05) is 31.1 Å². The van der Waals surface area contributed by atoms with Gasteiger partial charge in [0.25, 0.3) is 5.91 Å². The van der Waals surface area contributed by atoms with Gasteiger partial charge in [0.05, 0.1) is 30.3 Å². The minimum atomic E-state index is -4.48. The molecule has 36 heavy (non-hydrogen) atoms. The maximum Gasteiger partial charge on any atom is 0.401 e. The van der Waals surface area contributed by atoms with Gasteiger partial charge in [0.15, 0.2) is 5.65 Å². The van der Waals surface area contributed by atoms with E-state index in [1.807, 2.05) is 11.4 Å². The number of aromatic amines is 1. The lowest BCUT2D eigenvalue weighted by atomic mass is 9.73. The number of nitrogens with one attached hydrogen (secondary N) is 2. The van der Waals surface area contributed by atoms with Crippen LogP contribution in [0.4, 0.5) is 18.9 Å². The van der Waals surface area contributed by atoms with Crippen LogP contribution in [0.25, 0.3) is 11.0 Å². The number of piperidine rings is 1. The van der Waals surface area contributed by atoms with Crippen LogP contribution in [0.1, 0.15) is 28.8 Å². The van der Waals surface area contributed by atoms with Crippen LogP contribution in [0.15, 0.2) is 36.7 Å². The number of anilines is 1. The van der Waals surface area contributed by atoms with E-state index < -0.39 is 24.4 Å². The molecule has 5 rings (SSSR count). The number of β-amino-alcohol motifs (C(OH)–C–C–N with tert-alkyl or cyclic N) is 1. The van der Waals surface area contributed by atoms with Gasteiger partial charge < -0.3 is 14.9 Å². The monoisotopic (exact) mass is 614 g/mol. The normalized spacial score (nSPS) is 18.2. The number of nitrogens with zero attached hydrogens (tertiary/aromatic N) is 4. The molecule has 1 aromatic carbocycles. The van der Waals surface area contributed by atoms with Gasteiger partial charge in [-0.3, -0.25) is 20.0 Å². The number of likely N-dealkylation sites (tertiary alicyclic amines) is 1. The molecule has 0 radical (unpaired) electrons. The number of aromatic nitrogens is 3. The highest BCUT2D eigenvalue weighted by Gasteiger charge is 2.53. The number of aliphatic hydroxyl groups is 1. The van der Waals surface area contributed by atoms with Crippen LogP contribution in [-0.4, -0.2) is 75.6 Å². The third-order valence-corrected chi connectivity index (χ3v) is 7.65. The molecule has 2 aliphatic heterocycles. The molecular weight excluding hydrogens is 592 g/mol. The van der Waals surface area contributed by atoms with E-state index in [0.717, 1.165) is 14.5 Å². The zero-order valence-electron chi connectivity index (χ0n) is 18.8. The molecule has 9 nitrogen and oxygen atoms in total. The molecule has 2 amide bonds. The molecule has 1 saturated heterocycles. The predicted octanol–water partition coefficient (Wildman–Crippen LogP) is 2.55. The topological polar surface area (TPSA) is 114 Å². The number of rotatable bonds is 5. The van der Waals surface area contributed by atoms with E-state index in [-0.39, 0.29) is 18.4 Å². The largest absolute Gasteiger partial charge is 0.401 e. The van der Waals surface area contributed by atoms with Crippen LogP contribution in [-0.2, 0) is 10.2 Å². The van der Waals surface area contributed by atoms with Crippen LogP contribution in [0, 0.1) is 3.57 Å². The lowest BCUT2D eigenvalue weighted by Gasteiger charge is -2.39. The van der Waals surface area contributed by atoms with Crippen molar-refractivity contribution in [3.63, 3.8) is 0 Å². The smallest absolute Gasteiger partial charge is 0.377 e. The molecule has 4 heterocycles. The first kappa shape index (κ1) is 24.9. The summed E-state index contributed by atoms with van der Waals surface area (Å²) in [6, 6.07) is 7.10. The fraction of sp³-hybridized carbons (Fsp3) is 0.391. The van der Waals surface area contributed by atoms with Crippen molar-refractivity contribution in [1.82, 2.24) is 25.4 Å². The average molecular weight is 614 g/mol. The molecular formula is C23H22F3IN6O3. The number of hydrogen-bond donors (Lipinski definition) is 3. The van der Waals surface area contributed by atoms with Gasteiger partial charge in [-0.25, -0.2) is 4.98 Å². The minimum Gasteiger partial charge on any atom is -0.377 e. The van der Waals surface area contributed by atoms with Crippen molar-refractivity contribution in [2.24, 2.45) is 0 Å². The van der Waals surface area contributed by atoms with Crippen molar-refractivity contribution in [3.05, 3.63) is 51.4 Å². The van der Waals surface area contributed by atoms with Gasteiger partial charge in [0.1, 0.15) is 6.23 Å². The predicted molar refractivity (Wildman–Crippen MR) is 132 cm³/mol. The standard InChI is InChI=1S/C23H22F3IN6O3/c24-23(25,26)12-29-17(34)11-33-16-3-1-2-15(27)18(16)22(21(33)36)4-6-32(7-5-22)20(35)14-8-13-10-30-31-19(13)28-9-14/h1-3,8-10,17,29,34H,4-7,11-12H2,(H,28,30,31). The Morgan fingerprint density at radius 1 is 1.28 bits per heavy atom. The van der Waals surface area contributed by atoms with Gasteiger partial charge in [-0.15, -0.1) is 0 Å². The van der Waals surface area contributed by atoms with E-state index in [1.165, 1.54) is 11.1 Å². The van der Waals surface area contributed by atoms with E-state index in [4.69, 9.17) is 0 Å². The average Bonchev–Trinajstić information content (AvgIpc) is 3.40. The summed E-state index contributed by atoms with van der Waals surface area (Å²) in [5.41, 5.74) is 1.47. The Labute approximate surface area is 217 Å². The molecule has 0 saturated carbocycles. The number of alkyl halides is 3. The van der Waals surface area contributed by atoms with Gasteiger partial charge in [0, 0.05) is 39.5 Å². The van der Waals surface area contributed by atoms with Crippen molar-refractivity contribution < 1.29 is 27.9 Å². The number of hydrogen-bond acceptors (Lipinski definition) is 6. The van der Waals surface area contributed by atoms with Crippen LogP contribution in [0.5, 0.6) is 0 Å². The summed E-state index contributed by atoms with van der Waals surface area (Å²) in [4.78, 5) is 34.1. The number of fused-ring (bicyclic) bond motifs is 3. The molecule has 190 valence electrons. The highest BCUT2D eigenvalue weighted by Crippen LogP contribution is 2.50. The van der Waals surface area contributed by atoms with Gasteiger partial charge in [-0.1, -0.05) is 6.07 Å². The van der Waals surface area contributed by atoms with Gasteiger partial charge in [-0.2, -0.15) is 18.3 Å². The molecule has 0 bridgehead atoms. The van der Waals surface area contributed by atoms with Gasteiger partial charge in [-0.05, 0) is 53.6 Å². The molecule has 13 heteroatoms. The molecule has 3 aromatic rings. The number of amides is 2. The molecule has 1 spiro atoms. The number of pyridine rings is 1. The van der Waals surface area contributed by atoms with E-state index in [2.05, 4.69) is 37.8 Å². The summed E-state index contributed by atoms with van der Waals surface area (Å²) in [6.07, 6.45) is -2.25. The Hall–Kier alpha value is -2.78. The quantitative estimate of drug-likeness (QED) is 0.301. The number of carbonyl (C=O) groups excluding carboxylic acids is 2. The summed E-state index contributed by atoms with van der Waals surface area (Å²) in [5, 5.41) is 19.6. The van der Waals surface area contributed by atoms with Crippen LogP contribution in [0.3, 0.4) is 0 Å². The number of carbonyl (C=O) groups is 2. The lowest BCUT2D eigenvalue weighted by Crippen LogP contribution is -2.52. The fourth-order valence-electron chi connectivity index (χ4n) is 5.03. The first-order valence-corrected chi connectivity index (χ1v) is 12.3. The second-order valence-electron chi connectivity index (χ2n) is 8.97. The fourth-order valence-corrected chi connectivity index (χ4v) is 6.03. The van der Waals surface area contributed by atoms with Crippen LogP contribution < -0.4 is 10.2 Å². The SMILES string of the molecule is O=C(c1cnc2[nH]ncc2c1)N1CCC2(CC1)C(=O)N(CC(O)NCC(F)(F)F)c1cccc(I)c12. The number of benzene rings is 1. The molecule has 1 unspecified atom stereocenters. The zero-order valence-corrected chi connectivity index (χ0v) is 21.0. The van der Waals surface area contributed by atoms with E-state index in [9.17, 15) is 27.9 Å². The second-order valence-corrected chi connectivity index (χ2v) is 10.1. The summed E-state index contributed by atoms with van der Waals surface area (Å²) in [6.45, 7) is -1.04. The van der Waals surface area contributed by atoms with Gasteiger partial charge in [0.2, 0.25) is 5.91 Å². The van der Waals surface area contributed by atoms with Crippen LogP contribution in [0.2, 0.25) is 0 Å². The molecule has 2 aromatic heterocycles. The van der Waals surface area contributed by atoms with Gasteiger partial charge >= 0.3 is 6.18 Å². The molecule has 2 aliphatic rings. The van der Waals surface area contributed by atoms with Crippen molar-refractivity contribution in [2.45, 2.75) is 30.7 Å². The van der Waals surface area contributed by atoms with Crippen molar-refractivity contribution in [1.29, 1.82) is 0 Å². The Bertz CT molecular complexity index is 1320. The number of aliphatic hydroxyl groups excluding tert-OH is 1. The molecule has 3 N–H and O–H groups in total. The third-order valence-electron chi connectivity index (χ3n) is 6.75. The summed E-state index contributed by atoms with van der Waals surface area (Å²) < 4.78 is 38.6. The second kappa shape index (κ2) is 9.27. The summed E-state index contributed by atoms with van der Waals surface area (Å²) in [7, 11) is 0. The lowest BCUT2D eigenvalue weighted by molar-refractivity contribution is -0.131. The highest BCUT2D eigenvalue weighted by molar-refractivity contribution is 14.1. The third kappa shape index (κ3) is 4.43. The Balaban J connectivity index is 1.35. The Kier molecular flexibility index (Phi) is 6.41. The summed E-state index contributed by atoms with van der Waals surface area (Å²) in [5.74, 6) is -0.472. The maximum atomic E-state index is 13.7. The first-order valence-electron chi connectivity index (χ1n) is 11.3. The Morgan fingerprint density at radius 2 is 2.03 bits per heavy atom. The minimum absolute atomic E-state index is 0.197. The number of halogens is 4. The highest BCUT2D eigenvalue weighted by atomic mass is 127. The zero-order chi connectivity index (χ0) is 25.7. The van der Waals surface area contributed by atoms with E-state index in [1.54, 1.807) is 29.3 Å². The molecule has 1 fully saturated rings.